The molecule has 1 fully saturated rings. The van der Waals surface area contributed by atoms with Gasteiger partial charge in [-0.3, -0.25) is 19.1 Å². The summed E-state index contributed by atoms with van der Waals surface area (Å²) in [6.07, 6.45) is 0.804. The molecule has 0 radical (unpaired) electrons. The van der Waals surface area contributed by atoms with Gasteiger partial charge in [-0.25, -0.2) is 4.98 Å². The van der Waals surface area contributed by atoms with E-state index < -0.39 is 0 Å². The lowest BCUT2D eigenvalue weighted by atomic mass is 10.1. The number of benzene rings is 2. The fourth-order valence-electron chi connectivity index (χ4n) is 4.23. The Morgan fingerprint density at radius 3 is 2.55 bits per heavy atom. The van der Waals surface area contributed by atoms with Gasteiger partial charge in [-0.05, 0) is 43.7 Å². The molecular weight excluding hydrogens is 418 g/mol. The SMILES string of the molecule is COCCCNC(=O)CN1CCN(C(=O)c2ccc3c(c2)nc(C)n3-c2ccccc2)CC1. The van der Waals surface area contributed by atoms with Gasteiger partial charge < -0.3 is 15.0 Å². The number of nitrogens with one attached hydrogen (secondary N) is 1. The van der Waals surface area contributed by atoms with Crippen LogP contribution in [0, 0.1) is 6.92 Å². The Kier molecular flexibility index (Phi) is 7.36. The number of rotatable bonds is 8. The zero-order chi connectivity index (χ0) is 23.2. The van der Waals surface area contributed by atoms with Crippen molar-refractivity contribution in [1.29, 1.82) is 0 Å². The van der Waals surface area contributed by atoms with Gasteiger partial charge in [0.15, 0.2) is 0 Å². The Labute approximate surface area is 194 Å². The van der Waals surface area contributed by atoms with Crippen LogP contribution in [0.4, 0.5) is 0 Å². The van der Waals surface area contributed by atoms with E-state index in [1.54, 1.807) is 7.11 Å². The third-order valence-electron chi connectivity index (χ3n) is 5.96. The van der Waals surface area contributed by atoms with Gasteiger partial charge in [0.05, 0.1) is 17.6 Å². The minimum Gasteiger partial charge on any atom is -0.385 e. The molecule has 8 heteroatoms. The molecule has 2 amide bonds. The Bertz CT molecular complexity index is 1100. The van der Waals surface area contributed by atoms with Crippen LogP contribution in [0.1, 0.15) is 22.6 Å². The van der Waals surface area contributed by atoms with E-state index in [2.05, 4.69) is 14.8 Å². The highest BCUT2D eigenvalue weighted by Gasteiger charge is 2.24. The van der Waals surface area contributed by atoms with Crippen molar-refractivity contribution in [2.24, 2.45) is 0 Å². The van der Waals surface area contributed by atoms with Crippen molar-refractivity contribution in [2.75, 3.05) is 53.0 Å². The third-order valence-corrected chi connectivity index (χ3v) is 5.96. The molecule has 0 spiro atoms. The van der Waals surface area contributed by atoms with Crippen molar-refractivity contribution >= 4 is 22.8 Å². The summed E-state index contributed by atoms with van der Waals surface area (Å²) in [5, 5.41) is 2.91. The summed E-state index contributed by atoms with van der Waals surface area (Å²) < 4.78 is 7.09. The smallest absolute Gasteiger partial charge is 0.254 e. The number of hydrogen-bond acceptors (Lipinski definition) is 5. The first-order valence-corrected chi connectivity index (χ1v) is 11.4. The number of nitrogens with zero attached hydrogens (tertiary/aromatic N) is 4. The zero-order valence-corrected chi connectivity index (χ0v) is 19.3. The van der Waals surface area contributed by atoms with E-state index in [1.165, 1.54) is 0 Å². The molecule has 1 aliphatic rings. The summed E-state index contributed by atoms with van der Waals surface area (Å²) in [5.41, 5.74) is 3.49. The molecule has 1 saturated heterocycles. The standard InChI is InChI=1S/C25H31N5O3/c1-19-27-22-17-20(9-10-23(22)30(19)21-7-4-3-5-8-21)25(32)29-14-12-28(13-15-29)18-24(31)26-11-6-16-33-2/h3-5,7-10,17H,6,11-16,18H2,1-2H3,(H,26,31). The quantitative estimate of drug-likeness (QED) is 0.534. The molecule has 2 aromatic carbocycles. The van der Waals surface area contributed by atoms with E-state index in [-0.39, 0.29) is 11.8 Å². The minimum atomic E-state index is 0.00693. The highest BCUT2D eigenvalue weighted by Crippen LogP contribution is 2.23. The van der Waals surface area contributed by atoms with E-state index in [0.717, 1.165) is 29.0 Å². The second-order valence-corrected chi connectivity index (χ2v) is 8.30. The van der Waals surface area contributed by atoms with Crippen molar-refractivity contribution < 1.29 is 14.3 Å². The molecule has 2 heterocycles. The van der Waals surface area contributed by atoms with Crippen LogP contribution in [0.3, 0.4) is 0 Å². The van der Waals surface area contributed by atoms with Crippen LogP contribution in [0.5, 0.6) is 0 Å². The van der Waals surface area contributed by atoms with Crippen LogP contribution in [0.15, 0.2) is 48.5 Å². The summed E-state index contributed by atoms with van der Waals surface area (Å²) in [5.74, 6) is 0.906. The Morgan fingerprint density at radius 1 is 1.06 bits per heavy atom. The first kappa shape index (κ1) is 22.9. The number of hydrogen-bond donors (Lipinski definition) is 1. The van der Waals surface area contributed by atoms with Crippen molar-refractivity contribution in [3.05, 3.63) is 59.9 Å². The monoisotopic (exact) mass is 449 g/mol. The lowest BCUT2D eigenvalue weighted by molar-refractivity contribution is -0.122. The van der Waals surface area contributed by atoms with Crippen LogP contribution in [0.25, 0.3) is 16.7 Å². The van der Waals surface area contributed by atoms with E-state index in [0.29, 0.717) is 51.4 Å². The Hall–Kier alpha value is -3.23. The van der Waals surface area contributed by atoms with Crippen LogP contribution >= 0.6 is 0 Å². The minimum absolute atomic E-state index is 0.00693. The molecule has 4 rings (SSSR count). The fraction of sp³-hybridized carbons (Fsp3) is 0.400. The van der Waals surface area contributed by atoms with E-state index in [9.17, 15) is 9.59 Å². The summed E-state index contributed by atoms with van der Waals surface area (Å²) >= 11 is 0. The van der Waals surface area contributed by atoms with Gasteiger partial charge in [-0.1, -0.05) is 18.2 Å². The zero-order valence-electron chi connectivity index (χ0n) is 19.3. The number of methoxy groups -OCH3 is 1. The van der Waals surface area contributed by atoms with Crippen molar-refractivity contribution in [1.82, 2.24) is 24.7 Å². The van der Waals surface area contributed by atoms with Crippen molar-refractivity contribution in [3.63, 3.8) is 0 Å². The normalized spacial score (nSPS) is 14.5. The van der Waals surface area contributed by atoms with E-state index in [4.69, 9.17) is 9.72 Å². The van der Waals surface area contributed by atoms with Crippen LogP contribution in [0.2, 0.25) is 0 Å². The number of aromatic nitrogens is 2. The highest BCUT2D eigenvalue weighted by molar-refractivity contribution is 5.97. The van der Waals surface area contributed by atoms with Gasteiger partial charge in [0.1, 0.15) is 5.82 Å². The molecule has 1 N–H and O–H groups in total. The predicted molar refractivity (Wildman–Crippen MR) is 128 cm³/mol. The molecule has 0 atom stereocenters. The third kappa shape index (κ3) is 5.40. The number of amides is 2. The predicted octanol–water partition coefficient (Wildman–Crippen LogP) is 2.24. The van der Waals surface area contributed by atoms with Gasteiger partial charge >= 0.3 is 0 Å². The second-order valence-electron chi connectivity index (χ2n) is 8.30. The Balaban J connectivity index is 1.36. The fourth-order valence-corrected chi connectivity index (χ4v) is 4.23. The first-order valence-electron chi connectivity index (χ1n) is 11.4. The van der Waals surface area contributed by atoms with Crippen molar-refractivity contribution in [2.45, 2.75) is 13.3 Å². The maximum Gasteiger partial charge on any atom is 0.254 e. The molecule has 33 heavy (non-hydrogen) atoms. The molecular formula is C25H31N5O3. The molecule has 1 aliphatic heterocycles. The Morgan fingerprint density at radius 2 is 1.82 bits per heavy atom. The number of ether oxygens (including phenoxy) is 1. The lowest BCUT2D eigenvalue weighted by Crippen LogP contribution is -2.51. The molecule has 3 aromatic rings. The van der Waals surface area contributed by atoms with Gasteiger partial charge in [-0.2, -0.15) is 0 Å². The van der Waals surface area contributed by atoms with Crippen LogP contribution in [-0.4, -0.2) is 84.2 Å². The van der Waals surface area contributed by atoms with Gasteiger partial charge in [-0.15, -0.1) is 0 Å². The summed E-state index contributed by atoms with van der Waals surface area (Å²) in [4.78, 5) is 33.8. The summed E-state index contributed by atoms with van der Waals surface area (Å²) in [6.45, 7) is 6.16. The molecule has 0 saturated carbocycles. The van der Waals surface area contributed by atoms with Crippen LogP contribution < -0.4 is 5.32 Å². The number of carbonyl (C=O) groups excluding carboxylic acids is 2. The van der Waals surface area contributed by atoms with Crippen LogP contribution in [-0.2, 0) is 9.53 Å². The molecule has 0 bridgehead atoms. The second kappa shape index (κ2) is 10.6. The average Bonchev–Trinajstić information content (AvgIpc) is 3.17. The maximum absolute atomic E-state index is 13.1. The van der Waals surface area contributed by atoms with Crippen molar-refractivity contribution in [3.8, 4) is 5.69 Å². The maximum atomic E-state index is 13.1. The van der Waals surface area contributed by atoms with Gasteiger partial charge in [0.25, 0.3) is 5.91 Å². The lowest BCUT2D eigenvalue weighted by Gasteiger charge is -2.34. The first-order chi connectivity index (χ1) is 16.1. The van der Waals surface area contributed by atoms with Gasteiger partial charge in [0.2, 0.25) is 5.91 Å². The highest BCUT2D eigenvalue weighted by atomic mass is 16.5. The molecule has 0 unspecified atom stereocenters. The largest absolute Gasteiger partial charge is 0.385 e. The number of aryl methyl sites for hydroxylation is 1. The number of imidazole rings is 1. The van der Waals surface area contributed by atoms with E-state index >= 15 is 0 Å². The molecule has 1 aromatic heterocycles. The van der Waals surface area contributed by atoms with Gasteiger partial charge in [0, 0.05) is 57.7 Å². The number of piperazine rings is 1. The summed E-state index contributed by atoms with van der Waals surface area (Å²) in [6, 6.07) is 15.8. The molecule has 174 valence electrons. The number of carbonyl (C=O) groups is 2. The number of fused-ring (bicyclic) bond motifs is 1. The number of para-hydroxylation sites is 1. The van der Waals surface area contributed by atoms with E-state index in [1.807, 2.05) is 60.4 Å². The average molecular weight is 450 g/mol. The molecule has 8 nitrogen and oxygen atoms in total. The molecule has 0 aliphatic carbocycles. The summed E-state index contributed by atoms with van der Waals surface area (Å²) in [7, 11) is 1.65. The topological polar surface area (TPSA) is 79.7 Å².